The lowest BCUT2D eigenvalue weighted by molar-refractivity contribution is 0.162. The standard InChI is InChI=1S/C26H36FN3O2/c1-20(2)19-32-25-12-8-21(9-13-25)17-28-26(31)30(18-22-6-10-23(27)11-7-22)24-5-4-15-29(3)16-14-24/h6-13,20,24H,4-5,14-19H2,1-3H3,(H,28,31)/t24-/m1/s1. The van der Waals surface area contributed by atoms with E-state index in [2.05, 4.69) is 31.1 Å². The molecule has 0 radical (unpaired) electrons. The van der Waals surface area contributed by atoms with Gasteiger partial charge in [0.05, 0.1) is 6.61 Å². The lowest BCUT2D eigenvalue weighted by Crippen LogP contribution is -2.45. The van der Waals surface area contributed by atoms with Gasteiger partial charge in [-0.2, -0.15) is 0 Å². The molecule has 0 spiro atoms. The summed E-state index contributed by atoms with van der Waals surface area (Å²) in [5.74, 6) is 1.06. The molecule has 6 heteroatoms. The number of urea groups is 1. The molecule has 3 rings (SSSR count). The zero-order chi connectivity index (χ0) is 22.9. The van der Waals surface area contributed by atoms with Crippen LogP contribution in [0.2, 0.25) is 0 Å². The maximum atomic E-state index is 13.4. The molecule has 0 aromatic heterocycles. The van der Waals surface area contributed by atoms with Gasteiger partial charge in [0.2, 0.25) is 0 Å². The quantitative estimate of drug-likeness (QED) is 0.623. The van der Waals surface area contributed by atoms with Crippen molar-refractivity contribution in [1.82, 2.24) is 15.1 Å². The van der Waals surface area contributed by atoms with E-state index in [0.717, 1.165) is 49.2 Å². The number of halogens is 1. The van der Waals surface area contributed by atoms with Crippen LogP contribution >= 0.6 is 0 Å². The largest absolute Gasteiger partial charge is 0.493 e. The number of carbonyl (C=O) groups is 1. The van der Waals surface area contributed by atoms with Crippen molar-refractivity contribution < 1.29 is 13.9 Å². The van der Waals surface area contributed by atoms with Gasteiger partial charge in [-0.3, -0.25) is 0 Å². The Morgan fingerprint density at radius 1 is 1.09 bits per heavy atom. The van der Waals surface area contributed by atoms with Crippen molar-refractivity contribution in [2.24, 2.45) is 5.92 Å². The molecular formula is C26H36FN3O2. The average molecular weight is 442 g/mol. The molecule has 1 aliphatic heterocycles. The van der Waals surface area contributed by atoms with Crippen LogP contribution in [0.25, 0.3) is 0 Å². The maximum Gasteiger partial charge on any atom is 0.318 e. The first-order chi connectivity index (χ1) is 15.4. The number of amides is 2. The van der Waals surface area contributed by atoms with Gasteiger partial charge >= 0.3 is 6.03 Å². The lowest BCUT2D eigenvalue weighted by Gasteiger charge is -2.31. The van der Waals surface area contributed by atoms with Gasteiger partial charge in [0.1, 0.15) is 11.6 Å². The van der Waals surface area contributed by atoms with E-state index < -0.39 is 0 Å². The molecule has 0 aliphatic carbocycles. The summed E-state index contributed by atoms with van der Waals surface area (Å²) in [5, 5.41) is 3.09. The van der Waals surface area contributed by atoms with Gasteiger partial charge in [0, 0.05) is 19.1 Å². The van der Waals surface area contributed by atoms with Crippen molar-refractivity contribution in [3.8, 4) is 5.75 Å². The van der Waals surface area contributed by atoms with Crippen molar-refractivity contribution in [1.29, 1.82) is 0 Å². The van der Waals surface area contributed by atoms with E-state index in [0.29, 0.717) is 25.6 Å². The second-order valence-electron chi connectivity index (χ2n) is 9.15. The van der Waals surface area contributed by atoms with Crippen LogP contribution in [0.4, 0.5) is 9.18 Å². The smallest absolute Gasteiger partial charge is 0.318 e. The number of rotatable bonds is 8. The van der Waals surface area contributed by atoms with Crippen LogP contribution in [0, 0.1) is 11.7 Å². The Balaban J connectivity index is 1.64. The molecular weight excluding hydrogens is 405 g/mol. The van der Waals surface area contributed by atoms with Gasteiger partial charge in [-0.15, -0.1) is 0 Å². The normalized spacial score (nSPS) is 17.1. The number of hydrogen-bond acceptors (Lipinski definition) is 3. The first-order valence-electron chi connectivity index (χ1n) is 11.6. The Morgan fingerprint density at radius 3 is 2.47 bits per heavy atom. The topological polar surface area (TPSA) is 44.8 Å². The van der Waals surface area contributed by atoms with Crippen molar-refractivity contribution >= 4 is 6.03 Å². The zero-order valence-electron chi connectivity index (χ0n) is 19.5. The number of nitrogens with one attached hydrogen (secondary N) is 1. The molecule has 5 nitrogen and oxygen atoms in total. The fraction of sp³-hybridized carbons (Fsp3) is 0.500. The zero-order valence-corrected chi connectivity index (χ0v) is 19.5. The molecule has 0 saturated carbocycles. The molecule has 0 bridgehead atoms. The molecule has 1 heterocycles. The van der Waals surface area contributed by atoms with Gasteiger partial charge in [0.15, 0.2) is 0 Å². The van der Waals surface area contributed by atoms with E-state index in [1.165, 1.54) is 12.1 Å². The van der Waals surface area contributed by atoms with Gasteiger partial charge in [0.25, 0.3) is 0 Å². The van der Waals surface area contributed by atoms with Crippen molar-refractivity contribution in [2.75, 3.05) is 26.7 Å². The van der Waals surface area contributed by atoms with Crippen molar-refractivity contribution in [3.05, 3.63) is 65.5 Å². The third kappa shape index (κ3) is 7.52. The van der Waals surface area contributed by atoms with Gasteiger partial charge < -0.3 is 19.9 Å². The predicted octanol–water partition coefficient (Wildman–Crippen LogP) is 5.06. The molecule has 1 fully saturated rings. The van der Waals surface area contributed by atoms with Crippen LogP contribution in [0.15, 0.2) is 48.5 Å². The Kier molecular flexibility index (Phi) is 8.91. The fourth-order valence-electron chi connectivity index (χ4n) is 3.93. The average Bonchev–Trinajstić information content (AvgIpc) is 3.00. The Hall–Kier alpha value is -2.60. The van der Waals surface area contributed by atoms with Crippen molar-refractivity contribution in [2.45, 2.75) is 52.2 Å². The number of hydrogen-bond donors (Lipinski definition) is 1. The van der Waals surface area contributed by atoms with Crippen LogP contribution in [-0.2, 0) is 13.1 Å². The third-order valence-corrected chi connectivity index (χ3v) is 5.84. The summed E-state index contributed by atoms with van der Waals surface area (Å²) in [7, 11) is 2.13. The van der Waals surface area contributed by atoms with Gasteiger partial charge in [-0.05, 0) is 80.7 Å². The number of carbonyl (C=O) groups excluding carboxylic acids is 1. The molecule has 174 valence electrons. The van der Waals surface area contributed by atoms with Crippen LogP contribution in [0.1, 0.15) is 44.2 Å². The number of ether oxygens (including phenoxy) is 1. The number of benzene rings is 2. The number of likely N-dealkylation sites (tertiary alicyclic amines) is 1. The van der Waals surface area contributed by atoms with Gasteiger partial charge in [-0.25, -0.2) is 9.18 Å². The van der Waals surface area contributed by atoms with E-state index in [4.69, 9.17) is 4.74 Å². The minimum atomic E-state index is -0.262. The summed E-state index contributed by atoms with van der Waals surface area (Å²) in [6, 6.07) is 14.4. The maximum absolute atomic E-state index is 13.4. The highest BCUT2D eigenvalue weighted by Crippen LogP contribution is 2.20. The van der Waals surface area contributed by atoms with Gasteiger partial charge in [-0.1, -0.05) is 38.1 Å². The first-order valence-corrected chi connectivity index (χ1v) is 11.6. The molecule has 32 heavy (non-hydrogen) atoms. The first kappa shape index (κ1) is 24.1. The highest BCUT2D eigenvalue weighted by molar-refractivity contribution is 5.74. The Bertz CT molecular complexity index is 839. The molecule has 1 aliphatic rings. The summed E-state index contributed by atoms with van der Waals surface area (Å²) in [5.41, 5.74) is 1.96. The fourth-order valence-corrected chi connectivity index (χ4v) is 3.93. The predicted molar refractivity (Wildman–Crippen MR) is 126 cm³/mol. The minimum Gasteiger partial charge on any atom is -0.493 e. The van der Waals surface area contributed by atoms with Crippen LogP contribution < -0.4 is 10.1 Å². The molecule has 2 aromatic rings. The number of nitrogens with zero attached hydrogens (tertiary/aromatic N) is 2. The van der Waals surface area contributed by atoms with Crippen LogP contribution in [0.3, 0.4) is 0 Å². The van der Waals surface area contributed by atoms with E-state index in [-0.39, 0.29) is 17.9 Å². The second kappa shape index (κ2) is 11.9. The summed E-state index contributed by atoms with van der Waals surface area (Å²) in [6.45, 7) is 7.87. The summed E-state index contributed by atoms with van der Waals surface area (Å²) < 4.78 is 19.1. The molecule has 1 atom stereocenters. The Morgan fingerprint density at radius 2 is 1.78 bits per heavy atom. The third-order valence-electron chi connectivity index (χ3n) is 5.84. The van der Waals surface area contributed by atoms with Crippen LogP contribution in [0.5, 0.6) is 5.75 Å². The van der Waals surface area contributed by atoms with Crippen LogP contribution in [-0.4, -0.2) is 48.6 Å². The van der Waals surface area contributed by atoms with E-state index in [9.17, 15) is 9.18 Å². The molecule has 1 N–H and O–H groups in total. The molecule has 2 amide bonds. The summed E-state index contributed by atoms with van der Waals surface area (Å²) in [4.78, 5) is 17.5. The van der Waals surface area contributed by atoms with E-state index in [1.807, 2.05) is 29.2 Å². The highest BCUT2D eigenvalue weighted by atomic mass is 19.1. The van der Waals surface area contributed by atoms with E-state index >= 15 is 0 Å². The van der Waals surface area contributed by atoms with E-state index in [1.54, 1.807) is 12.1 Å². The molecule has 1 saturated heterocycles. The highest BCUT2D eigenvalue weighted by Gasteiger charge is 2.26. The monoisotopic (exact) mass is 441 g/mol. The molecule has 0 unspecified atom stereocenters. The minimum absolute atomic E-state index is 0.0796. The second-order valence-corrected chi connectivity index (χ2v) is 9.15. The Labute approximate surface area is 191 Å². The van der Waals surface area contributed by atoms with Crippen molar-refractivity contribution in [3.63, 3.8) is 0 Å². The lowest BCUT2D eigenvalue weighted by atomic mass is 10.1. The summed E-state index contributed by atoms with van der Waals surface area (Å²) >= 11 is 0. The SMILES string of the molecule is CC(C)COc1ccc(CNC(=O)N(Cc2ccc(F)cc2)[C@@H]2CCCN(C)CC2)cc1. The molecule has 2 aromatic carbocycles. The summed E-state index contributed by atoms with van der Waals surface area (Å²) in [6.07, 6.45) is 2.97.